The molecule has 1 unspecified atom stereocenters. The number of aromatic amines is 1. The molecular formula is C16H20N4O. The molecule has 3 rings (SSSR count). The van der Waals surface area contributed by atoms with Crippen LogP contribution in [0.15, 0.2) is 30.3 Å². The second kappa shape index (κ2) is 5.68. The van der Waals surface area contributed by atoms with E-state index in [9.17, 15) is 4.79 Å². The fraction of sp³-hybridized carbons (Fsp3) is 0.438. The van der Waals surface area contributed by atoms with Crippen LogP contribution < -0.4 is 0 Å². The van der Waals surface area contributed by atoms with Gasteiger partial charge >= 0.3 is 0 Å². The number of benzene rings is 1. The highest BCUT2D eigenvalue weighted by Gasteiger charge is 2.32. The maximum atomic E-state index is 12.6. The van der Waals surface area contributed by atoms with Gasteiger partial charge in [-0.25, -0.2) is 4.98 Å². The summed E-state index contributed by atoms with van der Waals surface area (Å²) in [5.41, 5.74) is 1.18. The average molecular weight is 284 g/mol. The van der Waals surface area contributed by atoms with Crippen molar-refractivity contribution in [3.63, 3.8) is 0 Å². The number of carbonyl (C=O) groups excluding carboxylic acids is 1. The zero-order valence-corrected chi connectivity index (χ0v) is 12.4. The molecule has 1 aromatic carbocycles. The third-order valence-electron chi connectivity index (χ3n) is 3.94. The van der Waals surface area contributed by atoms with E-state index in [0.717, 1.165) is 25.2 Å². The standard InChI is InChI=1S/C16H20N4O/c1-11(2)14-17-15(19-18-14)16(21)20-10-6-9-13(20)12-7-4-3-5-8-12/h3-5,7-8,11,13H,6,9-10H2,1-2H3,(H,17,18,19). The number of rotatable bonds is 3. The van der Waals surface area contributed by atoms with Gasteiger partial charge < -0.3 is 4.90 Å². The van der Waals surface area contributed by atoms with Gasteiger partial charge in [0.1, 0.15) is 5.82 Å². The van der Waals surface area contributed by atoms with Crippen LogP contribution in [0.5, 0.6) is 0 Å². The molecule has 0 aliphatic carbocycles. The van der Waals surface area contributed by atoms with Crippen molar-refractivity contribution in [2.75, 3.05) is 6.54 Å². The van der Waals surface area contributed by atoms with Gasteiger partial charge in [-0.2, -0.15) is 0 Å². The van der Waals surface area contributed by atoms with E-state index in [4.69, 9.17) is 0 Å². The van der Waals surface area contributed by atoms with Crippen molar-refractivity contribution in [3.05, 3.63) is 47.5 Å². The highest BCUT2D eigenvalue weighted by Crippen LogP contribution is 2.32. The van der Waals surface area contributed by atoms with Crippen molar-refractivity contribution >= 4 is 5.91 Å². The van der Waals surface area contributed by atoms with Gasteiger partial charge in [-0.05, 0) is 18.4 Å². The lowest BCUT2D eigenvalue weighted by Crippen LogP contribution is -2.31. The number of hydrogen-bond acceptors (Lipinski definition) is 3. The lowest BCUT2D eigenvalue weighted by molar-refractivity contribution is 0.0723. The van der Waals surface area contributed by atoms with Gasteiger partial charge in [-0.1, -0.05) is 44.2 Å². The highest BCUT2D eigenvalue weighted by molar-refractivity contribution is 5.91. The van der Waals surface area contributed by atoms with Crippen LogP contribution >= 0.6 is 0 Å². The average Bonchev–Trinajstić information content (AvgIpc) is 3.17. The first kappa shape index (κ1) is 13.8. The Morgan fingerprint density at radius 2 is 2.10 bits per heavy atom. The molecule has 1 N–H and O–H groups in total. The number of H-pyrrole nitrogens is 1. The molecule has 5 nitrogen and oxygen atoms in total. The Labute approximate surface area is 124 Å². The molecule has 2 heterocycles. The predicted octanol–water partition coefficient (Wildman–Crippen LogP) is 2.91. The van der Waals surface area contributed by atoms with Crippen molar-refractivity contribution in [1.82, 2.24) is 20.1 Å². The summed E-state index contributed by atoms with van der Waals surface area (Å²) in [6, 6.07) is 10.3. The van der Waals surface area contributed by atoms with Gasteiger partial charge in [0.05, 0.1) is 6.04 Å². The molecule has 21 heavy (non-hydrogen) atoms. The van der Waals surface area contributed by atoms with Crippen LogP contribution in [0, 0.1) is 0 Å². The van der Waals surface area contributed by atoms with Gasteiger partial charge in [0.2, 0.25) is 5.82 Å². The first-order valence-electron chi connectivity index (χ1n) is 7.45. The fourth-order valence-electron chi connectivity index (χ4n) is 2.79. The number of amides is 1. The first-order valence-corrected chi connectivity index (χ1v) is 7.45. The number of aromatic nitrogens is 3. The molecule has 5 heteroatoms. The Kier molecular flexibility index (Phi) is 3.73. The van der Waals surface area contributed by atoms with Gasteiger partial charge in [0.15, 0.2) is 0 Å². The maximum Gasteiger partial charge on any atom is 0.294 e. The Morgan fingerprint density at radius 1 is 1.33 bits per heavy atom. The molecule has 1 atom stereocenters. The Bertz CT molecular complexity index is 620. The summed E-state index contributed by atoms with van der Waals surface area (Å²) in [4.78, 5) is 18.9. The van der Waals surface area contributed by atoms with Crippen LogP contribution in [-0.2, 0) is 0 Å². The normalized spacial score (nSPS) is 18.4. The van der Waals surface area contributed by atoms with E-state index in [1.807, 2.05) is 36.9 Å². The Hall–Kier alpha value is -2.17. The minimum atomic E-state index is -0.0792. The second-order valence-corrected chi connectivity index (χ2v) is 5.77. The van der Waals surface area contributed by atoms with E-state index in [1.54, 1.807) is 0 Å². The quantitative estimate of drug-likeness (QED) is 0.942. The number of hydrogen-bond donors (Lipinski definition) is 1. The lowest BCUT2D eigenvalue weighted by Gasteiger charge is -2.23. The molecule has 1 fully saturated rings. The minimum Gasteiger partial charge on any atom is -0.329 e. The molecule has 1 aliphatic heterocycles. The number of nitrogens with one attached hydrogen (secondary N) is 1. The van der Waals surface area contributed by atoms with E-state index < -0.39 is 0 Å². The molecule has 110 valence electrons. The predicted molar refractivity (Wildman–Crippen MR) is 79.9 cm³/mol. The third-order valence-corrected chi connectivity index (χ3v) is 3.94. The SMILES string of the molecule is CC(C)c1nc(C(=O)N2CCCC2c2ccccc2)n[nH]1. The fourth-order valence-corrected chi connectivity index (χ4v) is 2.79. The summed E-state index contributed by atoms with van der Waals surface area (Å²) in [7, 11) is 0. The zero-order valence-electron chi connectivity index (χ0n) is 12.4. The number of likely N-dealkylation sites (tertiary alicyclic amines) is 1. The van der Waals surface area contributed by atoms with E-state index in [-0.39, 0.29) is 23.7 Å². The summed E-state index contributed by atoms with van der Waals surface area (Å²) < 4.78 is 0. The number of nitrogens with zero attached hydrogens (tertiary/aromatic N) is 3. The number of carbonyl (C=O) groups is 1. The van der Waals surface area contributed by atoms with E-state index >= 15 is 0 Å². The molecule has 0 spiro atoms. The van der Waals surface area contributed by atoms with Crippen molar-refractivity contribution in [2.45, 2.75) is 38.6 Å². The molecule has 0 bridgehead atoms. The van der Waals surface area contributed by atoms with Gasteiger partial charge in [0, 0.05) is 12.5 Å². The van der Waals surface area contributed by atoms with Gasteiger partial charge in [-0.3, -0.25) is 9.89 Å². The molecule has 1 saturated heterocycles. The molecule has 2 aromatic rings. The van der Waals surface area contributed by atoms with Crippen molar-refractivity contribution < 1.29 is 4.79 Å². The van der Waals surface area contributed by atoms with E-state index in [0.29, 0.717) is 0 Å². The molecule has 0 saturated carbocycles. The summed E-state index contributed by atoms with van der Waals surface area (Å²) in [5, 5.41) is 6.94. The van der Waals surface area contributed by atoms with Gasteiger partial charge in [-0.15, -0.1) is 5.10 Å². The summed E-state index contributed by atoms with van der Waals surface area (Å²) >= 11 is 0. The molecule has 0 radical (unpaired) electrons. The second-order valence-electron chi connectivity index (χ2n) is 5.77. The van der Waals surface area contributed by atoms with Crippen molar-refractivity contribution in [3.8, 4) is 0 Å². The summed E-state index contributed by atoms with van der Waals surface area (Å²) in [5.74, 6) is 1.20. The summed E-state index contributed by atoms with van der Waals surface area (Å²) in [6.45, 7) is 4.82. The lowest BCUT2D eigenvalue weighted by atomic mass is 10.0. The topological polar surface area (TPSA) is 61.9 Å². The van der Waals surface area contributed by atoms with Crippen molar-refractivity contribution in [2.24, 2.45) is 0 Å². The molecule has 1 amide bonds. The van der Waals surface area contributed by atoms with Crippen molar-refractivity contribution in [1.29, 1.82) is 0 Å². The van der Waals surface area contributed by atoms with Crippen LogP contribution in [0.2, 0.25) is 0 Å². The minimum absolute atomic E-state index is 0.0792. The van der Waals surface area contributed by atoms with E-state index in [2.05, 4.69) is 27.3 Å². The Morgan fingerprint density at radius 3 is 2.76 bits per heavy atom. The van der Waals surface area contributed by atoms with Crippen LogP contribution in [0.1, 0.15) is 60.7 Å². The van der Waals surface area contributed by atoms with Crippen LogP contribution in [-0.4, -0.2) is 32.5 Å². The third kappa shape index (κ3) is 2.68. The summed E-state index contributed by atoms with van der Waals surface area (Å²) in [6.07, 6.45) is 2.02. The van der Waals surface area contributed by atoms with Crippen LogP contribution in [0.3, 0.4) is 0 Å². The molecule has 1 aliphatic rings. The van der Waals surface area contributed by atoms with Crippen LogP contribution in [0.25, 0.3) is 0 Å². The zero-order chi connectivity index (χ0) is 14.8. The Balaban J connectivity index is 1.83. The molecule has 1 aromatic heterocycles. The van der Waals surface area contributed by atoms with Crippen LogP contribution in [0.4, 0.5) is 0 Å². The monoisotopic (exact) mass is 284 g/mol. The highest BCUT2D eigenvalue weighted by atomic mass is 16.2. The first-order chi connectivity index (χ1) is 10.2. The van der Waals surface area contributed by atoms with E-state index in [1.165, 1.54) is 5.56 Å². The van der Waals surface area contributed by atoms with Gasteiger partial charge in [0.25, 0.3) is 5.91 Å². The molecular weight excluding hydrogens is 264 g/mol. The largest absolute Gasteiger partial charge is 0.329 e. The maximum absolute atomic E-state index is 12.6. The smallest absolute Gasteiger partial charge is 0.294 e.